The fourth-order valence-electron chi connectivity index (χ4n) is 0.974. The van der Waals surface area contributed by atoms with Gasteiger partial charge in [0.15, 0.2) is 0 Å². The molecule has 0 saturated carbocycles. The Bertz CT molecular complexity index is 127. The molecule has 2 N–H and O–H groups in total. The Kier molecular flexibility index (Phi) is 6.70. The molecule has 0 spiro atoms. The molecule has 0 amide bonds. The van der Waals surface area contributed by atoms with Crippen molar-refractivity contribution in [3.8, 4) is 0 Å². The topological polar surface area (TPSA) is 58.6 Å². The molecular weight excluding hydrogens is 158 g/mol. The maximum atomic E-state index is 10.9. The number of hydroxylamine groups is 1. The molecule has 0 bridgehead atoms. The van der Waals surface area contributed by atoms with Gasteiger partial charge in [0.2, 0.25) is 0 Å². The number of unbranched alkanes of at least 4 members (excludes halogenated alkanes) is 1. The van der Waals surface area contributed by atoms with Crippen LogP contribution in [0.2, 0.25) is 0 Å². The van der Waals surface area contributed by atoms with Gasteiger partial charge in [0.25, 0.3) is 0 Å². The normalized spacial score (nSPS) is 12.6. The molecule has 0 fully saturated rings. The molecule has 0 aromatic heterocycles. The van der Waals surface area contributed by atoms with Crippen molar-refractivity contribution in [2.24, 2.45) is 5.92 Å². The Morgan fingerprint density at radius 1 is 1.58 bits per heavy atom. The van der Waals surface area contributed by atoms with Crippen molar-refractivity contribution in [3.05, 3.63) is 0 Å². The largest absolute Gasteiger partial charge is 0.469 e. The summed E-state index contributed by atoms with van der Waals surface area (Å²) in [4.78, 5) is 10.9. The minimum absolute atomic E-state index is 0.0336. The van der Waals surface area contributed by atoms with Crippen molar-refractivity contribution in [3.63, 3.8) is 0 Å². The molecule has 1 atom stereocenters. The van der Waals surface area contributed by atoms with E-state index in [0.717, 1.165) is 19.3 Å². The molecule has 1 unspecified atom stereocenters. The molecule has 0 aromatic carbocycles. The molecule has 0 saturated heterocycles. The molecule has 0 aromatic rings. The van der Waals surface area contributed by atoms with E-state index in [2.05, 4.69) is 10.2 Å². The number of rotatable bonds is 6. The average Bonchev–Trinajstić information content (AvgIpc) is 2.10. The Morgan fingerprint density at radius 2 is 2.25 bits per heavy atom. The highest BCUT2D eigenvalue weighted by atomic mass is 16.5. The summed E-state index contributed by atoms with van der Waals surface area (Å²) in [5, 5.41) is 8.25. The summed E-state index contributed by atoms with van der Waals surface area (Å²) in [5.41, 5.74) is 2.07. The number of hydrogen-bond donors (Lipinski definition) is 2. The van der Waals surface area contributed by atoms with Gasteiger partial charge in [-0.25, -0.2) is 5.48 Å². The van der Waals surface area contributed by atoms with Crippen molar-refractivity contribution in [1.29, 1.82) is 0 Å². The van der Waals surface area contributed by atoms with Gasteiger partial charge < -0.3 is 9.94 Å². The van der Waals surface area contributed by atoms with Crippen molar-refractivity contribution < 1.29 is 14.7 Å². The Balaban J connectivity index is 3.31. The van der Waals surface area contributed by atoms with Gasteiger partial charge in [-0.2, -0.15) is 0 Å². The van der Waals surface area contributed by atoms with Gasteiger partial charge in [-0.1, -0.05) is 13.3 Å². The first-order chi connectivity index (χ1) is 5.72. The summed E-state index contributed by atoms with van der Waals surface area (Å²) in [6.07, 6.45) is 2.61. The van der Waals surface area contributed by atoms with Crippen LogP contribution >= 0.6 is 0 Å². The van der Waals surface area contributed by atoms with E-state index in [0.29, 0.717) is 6.54 Å². The van der Waals surface area contributed by atoms with Gasteiger partial charge in [-0.3, -0.25) is 4.79 Å². The third-order valence-electron chi connectivity index (χ3n) is 1.78. The van der Waals surface area contributed by atoms with Crippen LogP contribution in [0, 0.1) is 5.92 Å². The monoisotopic (exact) mass is 175 g/mol. The zero-order chi connectivity index (χ0) is 9.40. The Labute approximate surface area is 72.9 Å². The smallest absolute Gasteiger partial charge is 0.308 e. The number of carbonyl (C=O) groups excluding carboxylic acids is 1. The molecular formula is C8H17NO3. The van der Waals surface area contributed by atoms with Crippen LogP contribution in [0.3, 0.4) is 0 Å². The molecule has 0 aliphatic rings. The van der Waals surface area contributed by atoms with Crippen molar-refractivity contribution >= 4 is 5.97 Å². The number of esters is 1. The third kappa shape index (κ3) is 5.09. The predicted octanol–water partition coefficient (Wildman–Crippen LogP) is 0.945. The van der Waals surface area contributed by atoms with Gasteiger partial charge in [-0.05, 0) is 12.8 Å². The summed E-state index contributed by atoms with van der Waals surface area (Å²) in [6.45, 7) is 2.42. The molecule has 0 aliphatic carbocycles. The first-order valence-corrected chi connectivity index (χ1v) is 4.17. The van der Waals surface area contributed by atoms with Crippen molar-refractivity contribution in [2.75, 3.05) is 13.7 Å². The highest BCUT2D eigenvalue weighted by molar-refractivity contribution is 5.71. The van der Waals surface area contributed by atoms with Crippen LogP contribution in [0.5, 0.6) is 0 Å². The van der Waals surface area contributed by atoms with E-state index in [4.69, 9.17) is 5.21 Å². The maximum Gasteiger partial charge on any atom is 0.308 e. The molecule has 0 heterocycles. The summed E-state index contributed by atoms with van der Waals surface area (Å²) >= 11 is 0. The van der Waals surface area contributed by atoms with Gasteiger partial charge in [0.05, 0.1) is 13.0 Å². The second-order valence-electron chi connectivity index (χ2n) is 2.83. The van der Waals surface area contributed by atoms with Crippen LogP contribution in [-0.2, 0) is 9.53 Å². The minimum atomic E-state index is -0.160. The Morgan fingerprint density at radius 3 is 2.75 bits per heavy atom. The lowest BCUT2D eigenvalue weighted by atomic mass is 10.0. The van der Waals surface area contributed by atoms with Crippen molar-refractivity contribution in [1.82, 2.24) is 5.48 Å². The zero-order valence-electron chi connectivity index (χ0n) is 7.67. The number of ether oxygens (including phenoxy) is 1. The van der Waals surface area contributed by atoms with Gasteiger partial charge in [0, 0.05) is 6.54 Å². The van der Waals surface area contributed by atoms with Crippen LogP contribution in [0.4, 0.5) is 0 Å². The van der Waals surface area contributed by atoms with E-state index in [1.165, 1.54) is 7.11 Å². The second-order valence-corrected chi connectivity index (χ2v) is 2.83. The molecule has 0 rings (SSSR count). The van der Waals surface area contributed by atoms with Crippen LogP contribution in [0.1, 0.15) is 26.2 Å². The van der Waals surface area contributed by atoms with Crippen LogP contribution in [0.25, 0.3) is 0 Å². The van der Waals surface area contributed by atoms with E-state index >= 15 is 0 Å². The lowest BCUT2D eigenvalue weighted by Gasteiger charge is -2.07. The minimum Gasteiger partial charge on any atom is -0.469 e. The Hall–Kier alpha value is -0.610. The number of hydrogen-bond acceptors (Lipinski definition) is 4. The lowest BCUT2D eigenvalue weighted by Crippen LogP contribution is -2.14. The first-order valence-electron chi connectivity index (χ1n) is 4.17. The van der Waals surface area contributed by atoms with E-state index in [1.54, 1.807) is 0 Å². The summed E-state index contributed by atoms with van der Waals surface area (Å²) in [6, 6.07) is 0. The number of nitrogens with one attached hydrogen (secondary N) is 1. The highest BCUT2D eigenvalue weighted by Gasteiger charge is 2.11. The SMILES string of the molecule is COC(=O)C(C)CCCCNO. The van der Waals surface area contributed by atoms with E-state index < -0.39 is 0 Å². The molecule has 0 radical (unpaired) electrons. The predicted molar refractivity (Wildman–Crippen MR) is 44.8 cm³/mol. The molecule has 72 valence electrons. The quantitative estimate of drug-likeness (QED) is 0.358. The first kappa shape index (κ1) is 11.4. The van der Waals surface area contributed by atoms with E-state index in [-0.39, 0.29) is 11.9 Å². The zero-order valence-corrected chi connectivity index (χ0v) is 7.67. The van der Waals surface area contributed by atoms with E-state index in [1.807, 2.05) is 6.92 Å². The van der Waals surface area contributed by atoms with Crippen LogP contribution in [-0.4, -0.2) is 24.8 Å². The molecule has 0 aliphatic heterocycles. The summed E-state index contributed by atoms with van der Waals surface area (Å²) in [7, 11) is 1.40. The fraction of sp³-hybridized carbons (Fsp3) is 0.875. The van der Waals surface area contributed by atoms with Crippen molar-refractivity contribution in [2.45, 2.75) is 26.2 Å². The van der Waals surface area contributed by atoms with Gasteiger partial charge >= 0.3 is 5.97 Å². The van der Waals surface area contributed by atoms with Crippen LogP contribution < -0.4 is 5.48 Å². The summed E-state index contributed by atoms with van der Waals surface area (Å²) in [5.74, 6) is -0.194. The highest BCUT2D eigenvalue weighted by Crippen LogP contribution is 2.08. The molecule has 4 heteroatoms. The standard InChI is InChI=1S/C8H17NO3/c1-7(8(10)12-2)5-3-4-6-9-11/h7,9,11H,3-6H2,1-2H3. The van der Waals surface area contributed by atoms with Crippen LogP contribution in [0.15, 0.2) is 0 Å². The molecule has 4 nitrogen and oxygen atoms in total. The average molecular weight is 175 g/mol. The van der Waals surface area contributed by atoms with Gasteiger partial charge in [0.1, 0.15) is 0 Å². The number of methoxy groups -OCH3 is 1. The summed E-state index contributed by atoms with van der Waals surface area (Å²) < 4.78 is 4.57. The molecule has 12 heavy (non-hydrogen) atoms. The van der Waals surface area contributed by atoms with Gasteiger partial charge in [-0.15, -0.1) is 0 Å². The maximum absolute atomic E-state index is 10.9. The van der Waals surface area contributed by atoms with E-state index in [9.17, 15) is 4.79 Å². The number of carbonyl (C=O) groups is 1. The fourth-order valence-corrected chi connectivity index (χ4v) is 0.974. The lowest BCUT2D eigenvalue weighted by molar-refractivity contribution is -0.145. The third-order valence-corrected chi connectivity index (χ3v) is 1.78. The second kappa shape index (κ2) is 7.06.